The highest BCUT2D eigenvalue weighted by Gasteiger charge is 2.06. The summed E-state index contributed by atoms with van der Waals surface area (Å²) < 4.78 is 11.1. The third-order valence-electron chi connectivity index (χ3n) is 3.79. The first kappa shape index (κ1) is 18.3. The zero-order chi connectivity index (χ0) is 19.1. The lowest BCUT2D eigenvalue weighted by Gasteiger charge is -2.11. The molecule has 0 aliphatic heterocycles. The van der Waals surface area contributed by atoms with Gasteiger partial charge in [-0.25, -0.2) is 4.79 Å². The normalized spacial score (nSPS) is 10.1. The van der Waals surface area contributed by atoms with Gasteiger partial charge in [-0.1, -0.05) is 18.2 Å². The van der Waals surface area contributed by atoms with E-state index in [2.05, 4.69) is 15.6 Å². The van der Waals surface area contributed by atoms with Gasteiger partial charge in [0.25, 0.3) is 0 Å². The Labute approximate surface area is 158 Å². The summed E-state index contributed by atoms with van der Waals surface area (Å²) in [5.74, 6) is 1.93. The van der Waals surface area contributed by atoms with Gasteiger partial charge in [0, 0.05) is 11.4 Å². The van der Waals surface area contributed by atoms with E-state index in [-0.39, 0.29) is 6.03 Å². The second-order valence-electron chi connectivity index (χ2n) is 5.86. The zero-order valence-corrected chi connectivity index (χ0v) is 15.2. The van der Waals surface area contributed by atoms with Gasteiger partial charge < -0.3 is 20.1 Å². The predicted octanol–water partition coefficient (Wildman–Crippen LogP) is 4.51. The molecule has 0 spiro atoms. The smallest absolute Gasteiger partial charge is 0.319 e. The van der Waals surface area contributed by atoms with E-state index in [1.807, 2.05) is 49.4 Å². The van der Waals surface area contributed by atoms with Crippen LogP contribution in [-0.4, -0.2) is 18.1 Å². The van der Waals surface area contributed by atoms with Crippen molar-refractivity contribution < 1.29 is 14.3 Å². The van der Waals surface area contributed by atoms with Gasteiger partial charge in [-0.3, -0.25) is 4.98 Å². The summed E-state index contributed by atoms with van der Waals surface area (Å²) in [6, 6.07) is 19.9. The van der Waals surface area contributed by atoms with Crippen molar-refractivity contribution in [3.05, 3.63) is 78.1 Å². The van der Waals surface area contributed by atoms with E-state index < -0.39 is 0 Å². The van der Waals surface area contributed by atoms with Crippen molar-refractivity contribution in [2.24, 2.45) is 0 Å². The number of nitrogens with one attached hydrogen (secondary N) is 2. The number of aryl methyl sites for hydroxylation is 1. The van der Waals surface area contributed by atoms with Gasteiger partial charge in [0.15, 0.2) is 11.5 Å². The molecule has 2 amide bonds. The lowest BCUT2D eigenvalue weighted by Crippen LogP contribution is -2.28. The monoisotopic (exact) mass is 363 g/mol. The van der Waals surface area contributed by atoms with Crippen molar-refractivity contribution in [3.8, 4) is 17.2 Å². The minimum absolute atomic E-state index is 0.295. The number of nitrogens with zero attached hydrogens (tertiary/aromatic N) is 1. The Balaban J connectivity index is 1.55. The molecule has 2 N–H and O–H groups in total. The molecule has 3 rings (SSSR count). The molecule has 0 aliphatic carbocycles. The van der Waals surface area contributed by atoms with E-state index in [9.17, 15) is 4.79 Å². The van der Waals surface area contributed by atoms with E-state index in [4.69, 9.17) is 9.47 Å². The second-order valence-corrected chi connectivity index (χ2v) is 5.86. The second kappa shape index (κ2) is 8.71. The summed E-state index contributed by atoms with van der Waals surface area (Å²) >= 11 is 0. The molecule has 2 aromatic carbocycles. The Morgan fingerprint density at radius 3 is 2.41 bits per heavy atom. The van der Waals surface area contributed by atoms with Crippen LogP contribution in [0.4, 0.5) is 10.5 Å². The predicted molar refractivity (Wildman–Crippen MR) is 104 cm³/mol. The number of hydrogen-bond donors (Lipinski definition) is 2. The number of amides is 2. The van der Waals surface area contributed by atoms with Gasteiger partial charge >= 0.3 is 6.03 Å². The maximum Gasteiger partial charge on any atom is 0.319 e. The van der Waals surface area contributed by atoms with Crippen molar-refractivity contribution in [3.63, 3.8) is 0 Å². The van der Waals surface area contributed by atoms with Crippen LogP contribution < -0.4 is 20.1 Å². The highest BCUT2D eigenvalue weighted by atomic mass is 16.5. The average molecular weight is 363 g/mol. The average Bonchev–Trinajstić information content (AvgIpc) is 2.68. The third-order valence-corrected chi connectivity index (χ3v) is 3.79. The topological polar surface area (TPSA) is 72.5 Å². The minimum atomic E-state index is -0.295. The van der Waals surface area contributed by atoms with Crippen LogP contribution >= 0.6 is 0 Å². The van der Waals surface area contributed by atoms with Crippen molar-refractivity contribution in [1.82, 2.24) is 10.3 Å². The number of para-hydroxylation sites is 2. The van der Waals surface area contributed by atoms with Crippen LogP contribution in [-0.2, 0) is 6.54 Å². The Morgan fingerprint density at radius 1 is 0.963 bits per heavy atom. The van der Waals surface area contributed by atoms with E-state index in [1.165, 1.54) is 0 Å². The standard InChI is InChI=1S/C21H21N3O3/c1-15-6-5-7-17(23-15)14-22-21(25)24-16-10-12-18(13-11-16)27-20-9-4-3-8-19(20)26-2/h3-13H,14H2,1-2H3,(H2,22,24,25). The van der Waals surface area contributed by atoms with E-state index >= 15 is 0 Å². The first-order valence-electron chi connectivity index (χ1n) is 8.52. The number of methoxy groups -OCH3 is 1. The van der Waals surface area contributed by atoms with E-state index in [0.717, 1.165) is 11.4 Å². The number of pyridine rings is 1. The molecule has 1 aromatic heterocycles. The number of ether oxygens (including phenoxy) is 2. The number of carbonyl (C=O) groups is 1. The number of aromatic nitrogens is 1. The first-order valence-corrected chi connectivity index (χ1v) is 8.52. The third kappa shape index (κ3) is 5.22. The molecule has 138 valence electrons. The van der Waals surface area contributed by atoms with Gasteiger partial charge in [0.1, 0.15) is 5.75 Å². The molecule has 6 nitrogen and oxygen atoms in total. The van der Waals surface area contributed by atoms with Crippen LogP contribution in [0.3, 0.4) is 0 Å². The van der Waals surface area contributed by atoms with Crippen molar-refractivity contribution in [1.29, 1.82) is 0 Å². The Bertz CT molecular complexity index is 911. The van der Waals surface area contributed by atoms with Crippen molar-refractivity contribution >= 4 is 11.7 Å². The van der Waals surface area contributed by atoms with Crippen LogP contribution in [0.2, 0.25) is 0 Å². The fourth-order valence-electron chi connectivity index (χ4n) is 2.48. The Morgan fingerprint density at radius 2 is 1.70 bits per heavy atom. The van der Waals surface area contributed by atoms with Crippen molar-refractivity contribution in [2.75, 3.05) is 12.4 Å². The van der Waals surface area contributed by atoms with Gasteiger partial charge in [0.05, 0.1) is 19.3 Å². The molecule has 0 aliphatic rings. The fourth-order valence-corrected chi connectivity index (χ4v) is 2.48. The highest BCUT2D eigenvalue weighted by Crippen LogP contribution is 2.31. The summed E-state index contributed by atoms with van der Waals surface area (Å²) in [6.07, 6.45) is 0. The lowest BCUT2D eigenvalue weighted by molar-refractivity contribution is 0.251. The van der Waals surface area contributed by atoms with Gasteiger partial charge in [-0.2, -0.15) is 0 Å². The molecule has 27 heavy (non-hydrogen) atoms. The molecule has 0 fully saturated rings. The molecular formula is C21H21N3O3. The Kier molecular flexibility index (Phi) is 5.89. The molecule has 3 aromatic rings. The van der Waals surface area contributed by atoms with Crippen molar-refractivity contribution in [2.45, 2.75) is 13.5 Å². The summed E-state index contributed by atoms with van der Waals surface area (Å²) in [6.45, 7) is 2.28. The molecule has 0 saturated carbocycles. The SMILES string of the molecule is COc1ccccc1Oc1ccc(NC(=O)NCc2cccc(C)n2)cc1. The molecule has 0 bridgehead atoms. The summed E-state index contributed by atoms with van der Waals surface area (Å²) in [5.41, 5.74) is 2.39. The van der Waals surface area contributed by atoms with E-state index in [0.29, 0.717) is 29.5 Å². The maximum absolute atomic E-state index is 12.0. The molecule has 0 atom stereocenters. The van der Waals surface area contributed by atoms with Gasteiger partial charge in [0.2, 0.25) is 0 Å². The van der Waals surface area contributed by atoms with Gasteiger partial charge in [-0.05, 0) is 55.5 Å². The molecule has 0 radical (unpaired) electrons. The highest BCUT2D eigenvalue weighted by molar-refractivity contribution is 5.89. The number of rotatable bonds is 6. The van der Waals surface area contributed by atoms with Gasteiger partial charge in [-0.15, -0.1) is 0 Å². The molecule has 6 heteroatoms. The number of benzene rings is 2. The zero-order valence-electron chi connectivity index (χ0n) is 15.2. The van der Waals surface area contributed by atoms with Crippen LogP contribution in [0.15, 0.2) is 66.7 Å². The van der Waals surface area contributed by atoms with E-state index in [1.54, 1.807) is 31.4 Å². The first-order chi connectivity index (χ1) is 13.1. The maximum atomic E-state index is 12.0. The molecular weight excluding hydrogens is 342 g/mol. The largest absolute Gasteiger partial charge is 0.493 e. The summed E-state index contributed by atoms with van der Waals surface area (Å²) in [5, 5.41) is 5.57. The lowest BCUT2D eigenvalue weighted by atomic mass is 10.3. The number of hydrogen-bond acceptors (Lipinski definition) is 4. The fraction of sp³-hybridized carbons (Fsp3) is 0.143. The van der Waals surface area contributed by atoms with Crippen LogP contribution in [0.5, 0.6) is 17.2 Å². The summed E-state index contributed by atoms with van der Waals surface area (Å²) in [4.78, 5) is 16.4. The number of carbonyl (C=O) groups excluding carboxylic acids is 1. The molecule has 0 unspecified atom stereocenters. The number of urea groups is 1. The molecule has 1 heterocycles. The van der Waals surface area contributed by atoms with Crippen LogP contribution in [0.25, 0.3) is 0 Å². The van der Waals surface area contributed by atoms with Crippen LogP contribution in [0.1, 0.15) is 11.4 Å². The minimum Gasteiger partial charge on any atom is -0.493 e. The quantitative estimate of drug-likeness (QED) is 0.676. The molecule has 0 saturated heterocycles. The summed E-state index contributed by atoms with van der Waals surface area (Å²) in [7, 11) is 1.60. The van der Waals surface area contributed by atoms with Crippen LogP contribution in [0, 0.1) is 6.92 Å². The number of anilines is 1. The Hall–Kier alpha value is -3.54.